The van der Waals surface area contributed by atoms with Gasteiger partial charge < -0.3 is 10.0 Å². The Bertz CT molecular complexity index is 501. The summed E-state index contributed by atoms with van der Waals surface area (Å²) in [6, 6.07) is 0.712. The summed E-state index contributed by atoms with van der Waals surface area (Å²) in [7, 11) is 0. The van der Waals surface area contributed by atoms with Crippen LogP contribution in [0.15, 0.2) is 0 Å². The molecule has 5 fully saturated rings. The molecule has 140 valence electrons. The van der Waals surface area contributed by atoms with Crippen molar-refractivity contribution in [2.75, 3.05) is 26.2 Å². The molecule has 2 unspecified atom stereocenters. The number of aliphatic carboxylic acids is 1. The van der Waals surface area contributed by atoms with Crippen molar-refractivity contribution in [1.82, 2.24) is 9.80 Å². The molecular weight excluding hydrogens is 316 g/mol. The highest BCUT2D eigenvalue weighted by Crippen LogP contribution is 2.49. The lowest BCUT2D eigenvalue weighted by Gasteiger charge is -2.48. The molecule has 2 bridgehead atoms. The van der Waals surface area contributed by atoms with Gasteiger partial charge in [-0.3, -0.25) is 14.5 Å². The number of fused-ring (bicyclic) bond motifs is 3. The van der Waals surface area contributed by atoms with Crippen LogP contribution in [0.2, 0.25) is 0 Å². The molecule has 0 radical (unpaired) electrons. The van der Waals surface area contributed by atoms with Crippen LogP contribution in [0.3, 0.4) is 0 Å². The highest BCUT2D eigenvalue weighted by atomic mass is 16.4. The Morgan fingerprint density at radius 1 is 0.720 bits per heavy atom. The molecule has 0 spiro atoms. The number of carbonyl (C=O) groups is 2. The first-order valence-corrected chi connectivity index (χ1v) is 10.4. The van der Waals surface area contributed by atoms with Gasteiger partial charge in [-0.1, -0.05) is 19.3 Å². The van der Waals surface area contributed by atoms with E-state index in [1.165, 1.54) is 32.1 Å². The maximum absolute atomic E-state index is 13.2. The summed E-state index contributed by atoms with van der Waals surface area (Å²) in [5, 5.41) is 9.71. The Kier molecular flexibility index (Phi) is 5.03. The molecule has 0 aromatic rings. The third-order valence-electron chi connectivity index (χ3n) is 7.51. The van der Waals surface area contributed by atoms with Gasteiger partial charge in [-0.2, -0.15) is 0 Å². The molecule has 4 aliphatic carbocycles. The Balaban J connectivity index is 1.39. The Hall–Kier alpha value is -1.10. The molecule has 5 rings (SSSR count). The molecule has 1 aliphatic heterocycles. The molecule has 4 saturated carbocycles. The number of carboxylic acid groups (broad SMARTS) is 1. The molecule has 0 aromatic heterocycles. The minimum absolute atomic E-state index is 0.144. The normalized spacial score (nSPS) is 37.2. The summed E-state index contributed by atoms with van der Waals surface area (Å²) >= 11 is 0. The number of carboxylic acids is 1. The monoisotopic (exact) mass is 348 g/mol. The first-order chi connectivity index (χ1) is 12.1. The summed E-state index contributed by atoms with van der Waals surface area (Å²) in [5.74, 6) is -0.767. The summed E-state index contributed by atoms with van der Waals surface area (Å²) in [4.78, 5) is 29.6. The molecule has 5 aliphatic rings. The lowest BCUT2D eigenvalue weighted by molar-refractivity contribution is -0.163. The van der Waals surface area contributed by atoms with Crippen molar-refractivity contribution in [3.8, 4) is 0 Å². The van der Waals surface area contributed by atoms with Crippen molar-refractivity contribution in [3.63, 3.8) is 0 Å². The fraction of sp³-hybridized carbons (Fsp3) is 0.900. The number of nitrogens with zero attached hydrogens (tertiary/aromatic N) is 2. The van der Waals surface area contributed by atoms with E-state index in [9.17, 15) is 14.7 Å². The Morgan fingerprint density at radius 3 is 1.84 bits per heavy atom. The van der Waals surface area contributed by atoms with E-state index in [0.717, 1.165) is 51.9 Å². The van der Waals surface area contributed by atoms with Gasteiger partial charge in [-0.25, -0.2) is 0 Å². The summed E-state index contributed by atoms with van der Waals surface area (Å²) < 4.78 is 0. The molecule has 5 nitrogen and oxygen atoms in total. The molecule has 2 atom stereocenters. The van der Waals surface area contributed by atoms with Gasteiger partial charge in [0.05, 0.1) is 11.8 Å². The predicted molar refractivity (Wildman–Crippen MR) is 95.1 cm³/mol. The van der Waals surface area contributed by atoms with Crippen LogP contribution < -0.4 is 0 Å². The summed E-state index contributed by atoms with van der Waals surface area (Å²) in [6.07, 6.45) is 10.8. The lowest BCUT2D eigenvalue weighted by atomic mass is 9.58. The quantitative estimate of drug-likeness (QED) is 0.852. The van der Waals surface area contributed by atoms with Crippen LogP contribution in [0.1, 0.15) is 57.8 Å². The number of hydrogen-bond donors (Lipinski definition) is 1. The van der Waals surface area contributed by atoms with E-state index < -0.39 is 11.9 Å². The van der Waals surface area contributed by atoms with Crippen molar-refractivity contribution in [2.24, 2.45) is 23.7 Å². The van der Waals surface area contributed by atoms with Gasteiger partial charge in [0.25, 0.3) is 0 Å². The van der Waals surface area contributed by atoms with Crippen molar-refractivity contribution >= 4 is 11.9 Å². The zero-order chi connectivity index (χ0) is 17.4. The van der Waals surface area contributed by atoms with Crippen molar-refractivity contribution in [3.05, 3.63) is 0 Å². The minimum atomic E-state index is -0.742. The maximum atomic E-state index is 13.2. The van der Waals surface area contributed by atoms with Gasteiger partial charge in [-0.15, -0.1) is 0 Å². The van der Waals surface area contributed by atoms with E-state index in [1.807, 2.05) is 4.90 Å². The number of amides is 1. The second kappa shape index (κ2) is 7.26. The largest absolute Gasteiger partial charge is 0.481 e. The number of hydrogen-bond acceptors (Lipinski definition) is 3. The van der Waals surface area contributed by atoms with E-state index in [4.69, 9.17) is 0 Å². The molecular formula is C20H32N2O3. The molecule has 1 N–H and O–H groups in total. The average molecular weight is 348 g/mol. The van der Waals surface area contributed by atoms with Gasteiger partial charge in [0.2, 0.25) is 5.91 Å². The van der Waals surface area contributed by atoms with Crippen LogP contribution >= 0.6 is 0 Å². The molecule has 5 heteroatoms. The van der Waals surface area contributed by atoms with Crippen molar-refractivity contribution in [2.45, 2.75) is 63.8 Å². The van der Waals surface area contributed by atoms with Crippen molar-refractivity contribution in [1.29, 1.82) is 0 Å². The topological polar surface area (TPSA) is 60.9 Å². The number of carbonyl (C=O) groups excluding carboxylic acids is 1. The molecule has 1 saturated heterocycles. The zero-order valence-corrected chi connectivity index (χ0v) is 15.2. The van der Waals surface area contributed by atoms with Gasteiger partial charge in [0.15, 0.2) is 0 Å². The van der Waals surface area contributed by atoms with Gasteiger partial charge in [0, 0.05) is 32.2 Å². The van der Waals surface area contributed by atoms with E-state index in [-0.39, 0.29) is 17.7 Å². The van der Waals surface area contributed by atoms with Gasteiger partial charge >= 0.3 is 5.97 Å². The number of rotatable bonds is 3. The van der Waals surface area contributed by atoms with Crippen molar-refractivity contribution < 1.29 is 14.7 Å². The van der Waals surface area contributed by atoms with E-state index in [2.05, 4.69) is 4.90 Å². The second-order valence-electron chi connectivity index (χ2n) is 8.72. The Morgan fingerprint density at radius 2 is 1.28 bits per heavy atom. The zero-order valence-electron chi connectivity index (χ0n) is 15.2. The van der Waals surface area contributed by atoms with E-state index in [1.54, 1.807) is 0 Å². The molecule has 25 heavy (non-hydrogen) atoms. The first kappa shape index (κ1) is 17.3. The third kappa shape index (κ3) is 3.32. The van der Waals surface area contributed by atoms with Crippen LogP contribution in [0.5, 0.6) is 0 Å². The lowest BCUT2D eigenvalue weighted by Crippen LogP contribution is -2.57. The third-order valence-corrected chi connectivity index (χ3v) is 7.51. The van der Waals surface area contributed by atoms with Crippen LogP contribution in [0, 0.1) is 23.7 Å². The standard InChI is InChI=1S/C20H32N2O3/c23-19(17-14-6-8-15(9-7-14)18(17)20(24)25)22-12-10-21(11-13-22)16-4-2-1-3-5-16/h14-18H,1-13H2,(H,24,25). The summed E-state index contributed by atoms with van der Waals surface area (Å²) in [5.41, 5.74) is 0. The van der Waals surface area contributed by atoms with E-state index >= 15 is 0 Å². The number of piperazine rings is 1. The first-order valence-electron chi connectivity index (χ1n) is 10.4. The highest BCUT2D eigenvalue weighted by Gasteiger charge is 2.51. The highest BCUT2D eigenvalue weighted by molar-refractivity contribution is 5.86. The van der Waals surface area contributed by atoms with Crippen LogP contribution in [-0.2, 0) is 9.59 Å². The van der Waals surface area contributed by atoms with Crippen LogP contribution in [0.25, 0.3) is 0 Å². The SMILES string of the molecule is O=C(O)C1C2CCC(CC2)C1C(=O)N1CCN(C2CCCCC2)CC1. The van der Waals surface area contributed by atoms with Gasteiger partial charge in [-0.05, 0) is 50.4 Å². The van der Waals surface area contributed by atoms with Crippen LogP contribution in [0.4, 0.5) is 0 Å². The maximum Gasteiger partial charge on any atom is 0.307 e. The fourth-order valence-corrected chi connectivity index (χ4v) is 6.12. The Labute approximate surface area is 150 Å². The fourth-order valence-electron chi connectivity index (χ4n) is 6.12. The van der Waals surface area contributed by atoms with Crippen LogP contribution in [-0.4, -0.2) is 59.0 Å². The summed E-state index contributed by atoms with van der Waals surface area (Å²) in [6.45, 7) is 3.51. The van der Waals surface area contributed by atoms with E-state index in [0.29, 0.717) is 12.0 Å². The average Bonchev–Trinajstić information content (AvgIpc) is 2.68. The molecule has 0 aromatic carbocycles. The molecule has 1 heterocycles. The second-order valence-corrected chi connectivity index (χ2v) is 8.72. The van der Waals surface area contributed by atoms with Gasteiger partial charge in [0.1, 0.15) is 0 Å². The predicted octanol–water partition coefficient (Wildman–Crippen LogP) is 2.60. The smallest absolute Gasteiger partial charge is 0.307 e. The molecule has 1 amide bonds. The minimum Gasteiger partial charge on any atom is -0.481 e.